The maximum atomic E-state index is 11.9. The fourth-order valence-electron chi connectivity index (χ4n) is 2.08. The number of methoxy groups -OCH3 is 1. The fraction of sp³-hybridized carbons (Fsp3) is 0.235. The number of amides is 2. The molecule has 0 spiro atoms. The lowest BCUT2D eigenvalue weighted by atomic mass is 10.1. The van der Waals surface area contributed by atoms with Crippen LogP contribution in [0.2, 0.25) is 0 Å². The molecular weight excluding hydrogens is 391 g/mol. The molecule has 2 aromatic rings. The van der Waals surface area contributed by atoms with Gasteiger partial charge in [0.25, 0.3) is 0 Å². The van der Waals surface area contributed by atoms with Gasteiger partial charge in [-0.15, -0.1) is 0 Å². The number of carbonyl (C=O) groups is 1. The number of anilines is 1. The minimum absolute atomic E-state index is 0.188. The van der Waals surface area contributed by atoms with Crippen molar-refractivity contribution in [3.63, 3.8) is 0 Å². The lowest BCUT2D eigenvalue weighted by Crippen LogP contribution is -2.30. The molecule has 5 heteroatoms. The van der Waals surface area contributed by atoms with E-state index in [1.807, 2.05) is 49.4 Å². The van der Waals surface area contributed by atoms with Gasteiger partial charge in [-0.05, 0) is 77.4 Å². The average molecular weight is 410 g/mol. The SMILES string of the molecule is COc1cccc(CCNC(=O)Nc2ccc(I)cc2C)c1. The van der Waals surface area contributed by atoms with E-state index in [1.54, 1.807) is 7.11 Å². The van der Waals surface area contributed by atoms with Crippen molar-refractivity contribution in [2.45, 2.75) is 13.3 Å². The summed E-state index contributed by atoms with van der Waals surface area (Å²) >= 11 is 2.25. The lowest BCUT2D eigenvalue weighted by molar-refractivity contribution is 0.252. The summed E-state index contributed by atoms with van der Waals surface area (Å²) in [5, 5.41) is 5.73. The van der Waals surface area contributed by atoms with Crippen molar-refractivity contribution in [3.8, 4) is 5.75 Å². The highest BCUT2D eigenvalue weighted by molar-refractivity contribution is 14.1. The van der Waals surface area contributed by atoms with E-state index in [4.69, 9.17) is 4.74 Å². The second-order valence-electron chi connectivity index (χ2n) is 4.94. The van der Waals surface area contributed by atoms with Crippen LogP contribution in [0.3, 0.4) is 0 Å². The summed E-state index contributed by atoms with van der Waals surface area (Å²) in [6.45, 7) is 2.55. The highest BCUT2D eigenvalue weighted by Crippen LogP contribution is 2.17. The van der Waals surface area contributed by atoms with Crippen LogP contribution in [-0.2, 0) is 6.42 Å². The summed E-state index contributed by atoms with van der Waals surface area (Å²) in [4.78, 5) is 11.9. The van der Waals surface area contributed by atoms with E-state index in [-0.39, 0.29) is 6.03 Å². The molecule has 2 N–H and O–H groups in total. The molecule has 0 saturated carbocycles. The van der Waals surface area contributed by atoms with Crippen molar-refractivity contribution < 1.29 is 9.53 Å². The molecule has 0 aliphatic heterocycles. The Morgan fingerprint density at radius 2 is 2.05 bits per heavy atom. The molecule has 0 heterocycles. The second kappa shape index (κ2) is 8.03. The monoisotopic (exact) mass is 410 g/mol. The second-order valence-corrected chi connectivity index (χ2v) is 6.19. The summed E-state index contributed by atoms with van der Waals surface area (Å²) < 4.78 is 6.34. The van der Waals surface area contributed by atoms with E-state index in [9.17, 15) is 4.79 Å². The zero-order valence-corrected chi connectivity index (χ0v) is 14.8. The molecular formula is C17H19IN2O2. The van der Waals surface area contributed by atoms with Crippen LogP contribution in [0.4, 0.5) is 10.5 Å². The van der Waals surface area contributed by atoms with Gasteiger partial charge in [-0.1, -0.05) is 12.1 Å². The van der Waals surface area contributed by atoms with Crippen LogP contribution in [0.15, 0.2) is 42.5 Å². The van der Waals surface area contributed by atoms with Crippen LogP contribution in [0.1, 0.15) is 11.1 Å². The van der Waals surface area contributed by atoms with Gasteiger partial charge in [-0.2, -0.15) is 0 Å². The summed E-state index contributed by atoms with van der Waals surface area (Å²) in [6, 6.07) is 13.6. The van der Waals surface area contributed by atoms with Gasteiger partial charge in [0.15, 0.2) is 0 Å². The smallest absolute Gasteiger partial charge is 0.319 e. The Morgan fingerprint density at radius 1 is 1.23 bits per heavy atom. The molecule has 0 unspecified atom stereocenters. The number of benzene rings is 2. The minimum Gasteiger partial charge on any atom is -0.497 e. The number of urea groups is 1. The van der Waals surface area contributed by atoms with Gasteiger partial charge in [0, 0.05) is 15.8 Å². The van der Waals surface area contributed by atoms with Gasteiger partial charge in [0.1, 0.15) is 5.75 Å². The van der Waals surface area contributed by atoms with Gasteiger partial charge < -0.3 is 15.4 Å². The summed E-state index contributed by atoms with van der Waals surface area (Å²) in [6.07, 6.45) is 0.760. The van der Waals surface area contributed by atoms with Crippen LogP contribution >= 0.6 is 22.6 Å². The van der Waals surface area contributed by atoms with Crippen molar-refractivity contribution in [1.29, 1.82) is 0 Å². The Kier molecular flexibility index (Phi) is 6.06. The molecule has 0 radical (unpaired) electrons. The van der Waals surface area contributed by atoms with Gasteiger partial charge >= 0.3 is 6.03 Å². The number of halogens is 1. The first-order chi connectivity index (χ1) is 10.6. The van der Waals surface area contributed by atoms with Gasteiger partial charge in [-0.25, -0.2) is 4.79 Å². The highest BCUT2D eigenvalue weighted by atomic mass is 127. The molecule has 4 nitrogen and oxygen atoms in total. The van der Waals surface area contributed by atoms with Crippen molar-refractivity contribution in [2.24, 2.45) is 0 Å². The first-order valence-corrected chi connectivity index (χ1v) is 8.10. The number of ether oxygens (including phenoxy) is 1. The Balaban J connectivity index is 1.82. The van der Waals surface area contributed by atoms with Gasteiger partial charge in [-0.3, -0.25) is 0 Å². The Hall–Kier alpha value is -1.76. The van der Waals surface area contributed by atoms with E-state index in [2.05, 4.69) is 33.2 Å². The Morgan fingerprint density at radius 3 is 2.77 bits per heavy atom. The molecule has 0 aliphatic rings. The minimum atomic E-state index is -0.188. The largest absolute Gasteiger partial charge is 0.497 e. The fourth-order valence-corrected chi connectivity index (χ4v) is 2.73. The summed E-state index contributed by atoms with van der Waals surface area (Å²) in [5.74, 6) is 0.830. The summed E-state index contributed by atoms with van der Waals surface area (Å²) in [7, 11) is 1.65. The van der Waals surface area contributed by atoms with Crippen molar-refractivity contribution in [1.82, 2.24) is 5.32 Å². The first-order valence-electron chi connectivity index (χ1n) is 7.02. The third-order valence-electron chi connectivity index (χ3n) is 3.27. The zero-order valence-electron chi connectivity index (χ0n) is 12.7. The number of hydrogen-bond donors (Lipinski definition) is 2. The number of hydrogen-bond acceptors (Lipinski definition) is 2. The molecule has 116 valence electrons. The van der Waals surface area contributed by atoms with Crippen LogP contribution in [-0.4, -0.2) is 19.7 Å². The van der Waals surface area contributed by atoms with Crippen molar-refractivity contribution in [3.05, 3.63) is 57.2 Å². The van der Waals surface area contributed by atoms with E-state index in [1.165, 1.54) is 0 Å². The Bertz CT molecular complexity index is 659. The Labute approximate surface area is 144 Å². The zero-order chi connectivity index (χ0) is 15.9. The van der Waals surface area contributed by atoms with Crippen molar-refractivity contribution >= 4 is 34.3 Å². The van der Waals surface area contributed by atoms with E-state index in [0.717, 1.165) is 32.6 Å². The molecule has 0 fully saturated rings. The topological polar surface area (TPSA) is 50.4 Å². The van der Waals surface area contributed by atoms with Crippen LogP contribution in [0, 0.1) is 10.5 Å². The highest BCUT2D eigenvalue weighted by Gasteiger charge is 2.04. The van der Waals surface area contributed by atoms with E-state index < -0.39 is 0 Å². The normalized spacial score (nSPS) is 10.1. The molecule has 2 rings (SSSR count). The number of rotatable bonds is 5. The number of carbonyl (C=O) groups excluding carboxylic acids is 1. The number of nitrogens with one attached hydrogen (secondary N) is 2. The van der Waals surface area contributed by atoms with Gasteiger partial charge in [0.2, 0.25) is 0 Å². The summed E-state index contributed by atoms with van der Waals surface area (Å²) in [5.41, 5.74) is 3.01. The predicted octanol–water partition coefficient (Wildman–Crippen LogP) is 3.97. The third-order valence-corrected chi connectivity index (χ3v) is 3.94. The maximum absolute atomic E-state index is 11.9. The lowest BCUT2D eigenvalue weighted by Gasteiger charge is -2.10. The molecule has 0 aromatic heterocycles. The predicted molar refractivity (Wildman–Crippen MR) is 97.6 cm³/mol. The third kappa shape index (κ3) is 4.91. The molecule has 2 amide bonds. The molecule has 0 bridgehead atoms. The molecule has 0 aliphatic carbocycles. The van der Waals surface area contributed by atoms with Gasteiger partial charge in [0.05, 0.1) is 7.11 Å². The van der Waals surface area contributed by atoms with E-state index in [0.29, 0.717) is 6.54 Å². The van der Waals surface area contributed by atoms with Crippen molar-refractivity contribution in [2.75, 3.05) is 19.0 Å². The maximum Gasteiger partial charge on any atom is 0.319 e. The van der Waals surface area contributed by atoms with Crippen LogP contribution < -0.4 is 15.4 Å². The average Bonchev–Trinajstić information content (AvgIpc) is 2.50. The first kappa shape index (κ1) is 16.6. The molecule has 22 heavy (non-hydrogen) atoms. The molecule has 2 aromatic carbocycles. The number of aryl methyl sites for hydroxylation is 1. The molecule has 0 atom stereocenters. The van der Waals surface area contributed by atoms with E-state index >= 15 is 0 Å². The quantitative estimate of drug-likeness (QED) is 0.733. The van der Waals surface area contributed by atoms with Crippen LogP contribution in [0.5, 0.6) is 5.75 Å². The molecule has 0 saturated heterocycles. The standard InChI is InChI=1S/C17H19IN2O2/c1-12-10-14(18)6-7-16(12)20-17(21)19-9-8-13-4-3-5-15(11-13)22-2/h3-7,10-11H,8-9H2,1-2H3,(H2,19,20,21). The van der Waals surface area contributed by atoms with Crippen LogP contribution in [0.25, 0.3) is 0 Å².